The quantitative estimate of drug-likeness (QED) is 0.381. The van der Waals surface area contributed by atoms with Crippen LogP contribution in [0.5, 0.6) is 0 Å². The molecule has 0 rings (SSSR count). The first kappa shape index (κ1) is 9.82. The van der Waals surface area contributed by atoms with Crippen molar-refractivity contribution in [2.75, 3.05) is 0 Å². The van der Waals surface area contributed by atoms with E-state index in [2.05, 4.69) is 12.6 Å². The van der Waals surface area contributed by atoms with Crippen LogP contribution in [0, 0.1) is 0 Å². The molecule has 0 N–H and O–H groups in total. The first-order valence-corrected chi connectivity index (χ1v) is 1.18. The number of alkyl halides is 3. The second kappa shape index (κ2) is 2.77. The monoisotopic (exact) mass is 164 g/mol. The maximum absolute atomic E-state index is 10.2. The Morgan fingerprint density at radius 3 is 1.17 bits per heavy atom. The van der Waals surface area contributed by atoms with Gasteiger partial charge in [-0.2, -0.15) is 13.2 Å². The summed E-state index contributed by atoms with van der Waals surface area (Å²) in [5.41, 5.74) is -4.42. The van der Waals surface area contributed by atoms with Gasteiger partial charge in [0.2, 0.25) is 0 Å². The van der Waals surface area contributed by atoms with Crippen molar-refractivity contribution >= 4 is 12.6 Å². The van der Waals surface area contributed by atoms with Crippen molar-refractivity contribution in [3.8, 4) is 0 Å². The van der Waals surface area contributed by atoms with Gasteiger partial charge in [0.05, 0.1) is 0 Å². The fraction of sp³-hybridized carbons (Fsp3) is 1.00. The summed E-state index contributed by atoms with van der Waals surface area (Å²) in [5, 5.41) is 0. The Morgan fingerprint density at radius 2 is 1.17 bits per heavy atom. The van der Waals surface area contributed by atoms with Crippen LogP contribution in [0.4, 0.5) is 13.2 Å². The summed E-state index contributed by atoms with van der Waals surface area (Å²) in [7, 11) is 0. The van der Waals surface area contributed by atoms with E-state index in [0.717, 1.165) is 0 Å². The standard InChI is InChI=1S/CHF3S.Cu/c2-1(3,4)5;/h5H;/q;+2/p-1. The first-order valence-electron chi connectivity index (χ1n) is 0.771. The Labute approximate surface area is 49.0 Å². The van der Waals surface area contributed by atoms with Gasteiger partial charge in [0, 0.05) is 0 Å². The van der Waals surface area contributed by atoms with Gasteiger partial charge < -0.3 is 12.6 Å². The van der Waals surface area contributed by atoms with Gasteiger partial charge >= 0.3 is 17.1 Å². The SMILES string of the molecule is FC(F)(F)[S-].[Cu+2]. The largest absolute Gasteiger partial charge is 2.00 e. The molecule has 0 aromatic heterocycles. The molecular formula is CCuF3S+. The van der Waals surface area contributed by atoms with Crippen molar-refractivity contribution in [3.05, 3.63) is 0 Å². The van der Waals surface area contributed by atoms with Crippen LogP contribution in [-0.2, 0) is 29.7 Å². The molecule has 0 spiro atoms. The minimum Gasteiger partial charge on any atom is -0.680 e. The van der Waals surface area contributed by atoms with E-state index in [1.54, 1.807) is 0 Å². The average Bonchev–Trinajstić information content (AvgIpc) is 0.722. The summed E-state index contributed by atoms with van der Waals surface area (Å²) >= 11 is 2.83. The Hall–Kier alpha value is 0.659. The molecule has 0 unspecified atom stereocenters. The zero-order valence-electron chi connectivity index (χ0n) is 2.34. The van der Waals surface area contributed by atoms with Crippen molar-refractivity contribution in [3.63, 3.8) is 0 Å². The fourth-order valence-corrected chi connectivity index (χ4v) is 0. The molecule has 0 aliphatic rings. The van der Waals surface area contributed by atoms with Gasteiger partial charge in [-0.05, 0) is 0 Å². The van der Waals surface area contributed by atoms with Gasteiger partial charge in [-0.3, -0.25) is 0 Å². The average molecular weight is 165 g/mol. The van der Waals surface area contributed by atoms with E-state index in [9.17, 15) is 13.2 Å². The zero-order chi connectivity index (χ0) is 4.50. The number of rotatable bonds is 0. The second-order valence-corrected chi connectivity index (χ2v) is 0.909. The Bertz CT molecular complexity index is 26.3. The van der Waals surface area contributed by atoms with Crippen molar-refractivity contribution < 1.29 is 30.2 Å². The third-order valence-electron chi connectivity index (χ3n) is 0. The van der Waals surface area contributed by atoms with Gasteiger partial charge in [-0.15, -0.1) is 0 Å². The number of hydrogen-bond donors (Lipinski definition) is 0. The van der Waals surface area contributed by atoms with Crippen molar-refractivity contribution in [1.29, 1.82) is 0 Å². The maximum Gasteiger partial charge on any atom is 2.00 e. The molecule has 0 aliphatic carbocycles. The normalized spacial score (nSPS) is 10.0. The Morgan fingerprint density at radius 1 is 1.17 bits per heavy atom. The third kappa shape index (κ3) is 143. The smallest absolute Gasteiger partial charge is 0.680 e. The van der Waals surface area contributed by atoms with Crippen LogP contribution in [0.15, 0.2) is 0 Å². The minimum atomic E-state index is -4.42. The molecule has 0 saturated heterocycles. The molecular weight excluding hydrogens is 165 g/mol. The third-order valence-corrected chi connectivity index (χ3v) is 0. The van der Waals surface area contributed by atoms with Crippen molar-refractivity contribution in [1.82, 2.24) is 0 Å². The molecule has 5 heteroatoms. The molecule has 0 saturated carbocycles. The van der Waals surface area contributed by atoms with Gasteiger partial charge in [0.15, 0.2) is 0 Å². The molecule has 41 valence electrons. The molecule has 0 aromatic carbocycles. The van der Waals surface area contributed by atoms with E-state index < -0.39 is 5.51 Å². The van der Waals surface area contributed by atoms with E-state index in [1.165, 1.54) is 0 Å². The van der Waals surface area contributed by atoms with Crippen LogP contribution in [0.1, 0.15) is 0 Å². The van der Waals surface area contributed by atoms with Crippen LogP contribution >= 0.6 is 0 Å². The molecule has 0 heterocycles. The van der Waals surface area contributed by atoms with Crippen LogP contribution in [0.25, 0.3) is 0 Å². The van der Waals surface area contributed by atoms with Crippen molar-refractivity contribution in [2.24, 2.45) is 0 Å². The number of hydrogen-bond acceptors (Lipinski definition) is 1. The Kier molecular flexibility index (Phi) is 4.54. The van der Waals surface area contributed by atoms with Crippen LogP contribution in [-0.4, -0.2) is 5.51 Å². The molecule has 0 nitrogen and oxygen atoms in total. The van der Waals surface area contributed by atoms with E-state index >= 15 is 0 Å². The number of halogens is 3. The predicted molar refractivity (Wildman–Crippen MR) is 13.4 cm³/mol. The first-order chi connectivity index (χ1) is 2.00. The van der Waals surface area contributed by atoms with Gasteiger partial charge in [0.25, 0.3) is 5.51 Å². The van der Waals surface area contributed by atoms with Crippen LogP contribution in [0.3, 0.4) is 0 Å². The van der Waals surface area contributed by atoms with Gasteiger partial charge in [-0.1, -0.05) is 0 Å². The molecule has 1 radical (unpaired) electrons. The molecule has 0 aliphatic heterocycles. The summed E-state index contributed by atoms with van der Waals surface area (Å²) in [6.45, 7) is 0. The fourth-order valence-electron chi connectivity index (χ4n) is 0. The molecule has 0 bridgehead atoms. The summed E-state index contributed by atoms with van der Waals surface area (Å²) in [6, 6.07) is 0. The summed E-state index contributed by atoms with van der Waals surface area (Å²) in [4.78, 5) is 0. The van der Waals surface area contributed by atoms with E-state index in [4.69, 9.17) is 0 Å². The maximum atomic E-state index is 10.2. The molecule has 6 heavy (non-hydrogen) atoms. The predicted octanol–water partition coefficient (Wildman–Crippen LogP) is 1.05. The van der Waals surface area contributed by atoms with Gasteiger partial charge in [-0.25, -0.2) is 0 Å². The van der Waals surface area contributed by atoms with E-state index in [1.807, 2.05) is 0 Å². The van der Waals surface area contributed by atoms with E-state index in [0.29, 0.717) is 0 Å². The molecule has 0 atom stereocenters. The van der Waals surface area contributed by atoms with E-state index in [-0.39, 0.29) is 17.1 Å². The minimum absolute atomic E-state index is 0. The summed E-state index contributed by atoms with van der Waals surface area (Å²) in [6.07, 6.45) is 0. The molecule has 0 amide bonds. The summed E-state index contributed by atoms with van der Waals surface area (Å²) < 4.78 is 30.5. The molecule has 0 fully saturated rings. The molecule has 0 aromatic rings. The van der Waals surface area contributed by atoms with Gasteiger partial charge in [0.1, 0.15) is 0 Å². The zero-order valence-corrected chi connectivity index (χ0v) is 4.10. The topological polar surface area (TPSA) is 0 Å². The summed E-state index contributed by atoms with van der Waals surface area (Å²) in [5.74, 6) is 0. The second-order valence-electron chi connectivity index (χ2n) is 0.446. The van der Waals surface area contributed by atoms with Crippen LogP contribution < -0.4 is 0 Å². The van der Waals surface area contributed by atoms with Crippen molar-refractivity contribution in [2.45, 2.75) is 5.51 Å². The Balaban J connectivity index is 0. The van der Waals surface area contributed by atoms with Crippen LogP contribution in [0.2, 0.25) is 0 Å².